The zero-order valence-electron chi connectivity index (χ0n) is 11.4. The van der Waals surface area contributed by atoms with Gasteiger partial charge in [0.2, 0.25) is 5.82 Å². The van der Waals surface area contributed by atoms with Crippen molar-refractivity contribution in [1.29, 1.82) is 0 Å². The van der Waals surface area contributed by atoms with Gasteiger partial charge in [0.05, 0.1) is 6.04 Å². The number of carbonyl (C=O) groups excluding carboxylic acids is 1. The van der Waals surface area contributed by atoms with Crippen molar-refractivity contribution in [2.75, 3.05) is 0 Å². The fraction of sp³-hybridized carbons (Fsp3) is 0.308. The lowest BCUT2D eigenvalue weighted by atomic mass is 10.0. The first-order valence-corrected chi connectivity index (χ1v) is 6.10. The smallest absolute Gasteiger partial charge is 0.341 e. The topological polar surface area (TPSA) is 90.6 Å². The molecular weight excluding hydrogens is 263 g/mol. The van der Waals surface area contributed by atoms with Gasteiger partial charge in [-0.05, 0) is 37.5 Å². The Morgan fingerprint density at radius 3 is 2.45 bits per heavy atom. The zero-order chi connectivity index (χ0) is 14.9. The third kappa shape index (κ3) is 2.76. The Morgan fingerprint density at radius 1 is 1.35 bits per heavy atom. The summed E-state index contributed by atoms with van der Waals surface area (Å²) in [5.74, 6) is -0.836. The molecule has 2 rings (SSSR count). The SMILES string of the molecule is Cc1cc([C@@H](C)NC(=O)c2n[nH]c(=O)[nH]2)cc(C)c1F. The summed E-state index contributed by atoms with van der Waals surface area (Å²) in [4.78, 5) is 25.0. The van der Waals surface area contributed by atoms with Gasteiger partial charge in [-0.3, -0.25) is 9.78 Å². The Morgan fingerprint density at radius 2 is 1.95 bits per heavy atom. The minimum atomic E-state index is -0.545. The lowest BCUT2D eigenvalue weighted by molar-refractivity contribution is 0.0929. The molecule has 7 heteroatoms. The number of carbonyl (C=O) groups is 1. The quantitative estimate of drug-likeness (QED) is 0.791. The van der Waals surface area contributed by atoms with Crippen LogP contribution in [0.5, 0.6) is 0 Å². The van der Waals surface area contributed by atoms with Crippen LogP contribution < -0.4 is 11.0 Å². The molecule has 106 valence electrons. The number of hydrogen-bond donors (Lipinski definition) is 3. The monoisotopic (exact) mass is 278 g/mol. The summed E-state index contributed by atoms with van der Waals surface area (Å²) in [7, 11) is 0. The van der Waals surface area contributed by atoms with Gasteiger partial charge in [0.25, 0.3) is 5.91 Å². The summed E-state index contributed by atoms with van der Waals surface area (Å²) >= 11 is 0. The molecule has 6 nitrogen and oxygen atoms in total. The number of amides is 1. The van der Waals surface area contributed by atoms with Crippen LogP contribution >= 0.6 is 0 Å². The molecular formula is C13H15FN4O2. The van der Waals surface area contributed by atoms with E-state index in [1.165, 1.54) is 0 Å². The second-order valence-corrected chi connectivity index (χ2v) is 4.69. The van der Waals surface area contributed by atoms with Crippen molar-refractivity contribution in [2.45, 2.75) is 26.8 Å². The molecule has 0 bridgehead atoms. The molecule has 20 heavy (non-hydrogen) atoms. The first-order valence-electron chi connectivity index (χ1n) is 6.10. The number of nitrogens with one attached hydrogen (secondary N) is 3. The Kier molecular flexibility index (Phi) is 3.69. The lowest BCUT2D eigenvalue weighted by Gasteiger charge is -2.15. The molecule has 0 saturated carbocycles. The van der Waals surface area contributed by atoms with E-state index in [9.17, 15) is 14.0 Å². The molecule has 2 aromatic rings. The van der Waals surface area contributed by atoms with Gasteiger partial charge in [0, 0.05) is 0 Å². The van der Waals surface area contributed by atoms with Gasteiger partial charge in [-0.25, -0.2) is 14.3 Å². The summed E-state index contributed by atoms with van der Waals surface area (Å²) in [5, 5.41) is 8.35. The van der Waals surface area contributed by atoms with Crippen molar-refractivity contribution in [1.82, 2.24) is 20.5 Å². The molecule has 1 aromatic heterocycles. The van der Waals surface area contributed by atoms with E-state index < -0.39 is 11.6 Å². The van der Waals surface area contributed by atoms with Crippen molar-refractivity contribution in [2.24, 2.45) is 0 Å². The van der Waals surface area contributed by atoms with E-state index >= 15 is 0 Å². The fourth-order valence-corrected chi connectivity index (χ4v) is 1.96. The molecule has 0 aliphatic rings. The second-order valence-electron chi connectivity index (χ2n) is 4.69. The largest absolute Gasteiger partial charge is 0.343 e. The van der Waals surface area contributed by atoms with E-state index in [1.807, 2.05) is 0 Å². The van der Waals surface area contributed by atoms with Gasteiger partial charge in [-0.2, -0.15) is 0 Å². The van der Waals surface area contributed by atoms with Crippen LogP contribution in [0.3, 0.4) is 0 Å². The highest BCUT2D eigenvalue weighted by atomic mass is 19.1. The molecule has 0 aliphatic carbocycles. The average molecular weight is 278 g/mol. The number of benzene rings is 1. The van der Waals surface area contributed by atoms with Crippen LogP contribution in [0.25, 0.3) is 0 Å². The molecule has 1 heterocycles. The van der Waals surface area contributed by atoms with E-state index in [4.69, 9.17) is 0 Å². The number of H-pyrrole nitrogens is 2. The average Bonchev–Trinajstić information content (AvgIpc) is 2.82. The van der Waals surface area contributed by atoms with Gasteiger partial charge in [0.15, 0.2) is 0 Å². The summed E-state index contributed by atoms with van der Waals surface area (Å²) in [6.45, 7) is 5.12. The number of aryl methyl sites for hydroxylation is 2. The predicted molar refractivity (Wildman–Crippen MR) is 71.0 cm³/mol. The van der Waals surface area contributed by atoms with Crippen LogP contribution in [0.1, 0.15) is 40.3 Å². The second kappa shape index (κ2) is 5.28. The molecule has 1 atom stereocenters. The van der Waals surface area contributed by atoms with Crippen LogP contribution in [0.15, 0.2) is 16.9 Å². The molecule has 0 unspecified atom stereocenters. The minimum Gasteiger partial charge on any atom is -0.343 e. The maximum atomic E-state index is 13.6. The van der Waals surface area contributed by atoms with E-state index in [2.05, 4.69) is 20.5 Å². The van der Waals surface area contributed by atoms with Crippen molar-refractivity contribution in [3.63, 3.8) is 0 Å². The highest BCUT2D eigenvalue weighted by molar-refractivity contribution is 5.90. The van der Waals surface area contributed by atoms with E-state index in [-0.39, 0.29) is 17.7 Å². The number of aromatic nitrogens is 3. The summed E-state index contributed by atoms with van der Waals surface area (Å²) in [5.41, 5.74) is 1.28. The van der Waals surface area contributed by atoms with Crippen molar-refractivity contribution >= 4 is 5.91 Å². The molecule has 3 N–H and O–H groups in total. The standard InChI is InChI=1S/C13H15FN4O2/c1-6-4-9(5-7(2)10(6)14)8(3)15-12(19)11-16-13(20)18-17-11/h4-5,8H,1-3H3,(H,15,19)(H2,16,17,18,20)/t8-/m1/s1. The Bertz CT molecular complexity index is 681. The zero-order valence-corrected chi connectivity index (χ0v) is 11.4. The number of nitrogens with zero attached hydrogens (tertiary/aromatic N) is 1. The summed E-state index contributed by atoms with van der Waals surface area (Å²) in [6, 6.07) is 3.03. The highest BCUT2D eigenvalue weighted by Gasteiger charge is 2.16. The molecule has 0 spiro atoms. The fourth-order valence-electron chi connectivity index (χ4n) is 1.96. The van der Waals surface area contributed by atoms with Crippen molar-refractivity contribution in [3.8, 4) is 0 Å². The first-order chi connectivity index (χ1) is 9.38. The van der Waals surface area contributed by atoms with Gasteiger partial charge >= 0.3 is 5.69 Å². The highest BCUT2D eigenvalue weighted by Crippen LogP contribution is 2.20. The Balaban J connectivity index is 2.18. The third-order valence-electron chi connectivity index (χ3n) is 3.02. The van der Waals surface area contributed by atoms with E-state index in [0.717, 1.165) is 5.56 Å². The van der Waals surface area contributed by atoms with Gasteiger partial charge in [0.1, 0.15) is 5.82 Å². The summed E-state index contributed by atoms with van der Waals surface area (Å²) in [6.07, 6.45) is 0. The number of halogens is 1. The van der Waals surface area contributed by atoms with Crippen LogP contribution in [-0.2, 0) is 0 Å². The van der Waals surface area contributed by atoms with Gasteiger partial charge < -0.3 is 5.32 Å². The first kappa shape index (κ1) is 14.0. The Hall–Kier alpha value is -2.44. The van der Waals surface area contributed by atoms with E-state index in [1.54, 1.807) is 32.9 Å². The lowest BCUT2D eigenvalue weighted by Crippen LogP contribution is -2.28. The van der Waals surface area contributed by atoms with Crippen molar-refractivity contribution < 1.29 is 9.18 Å². The van der Waals surface area contributed by atoms with Crippen LogP contribution in [0.2, 0.25) is 0 Å². The van der Waals surface area contributed by atoms with Crippen LogP contribution in [0, 0.1) is 19.7 Å². The molecule has 0 fully saturated rings. The normalized spacial score (nSPS) is 12.2. The number of rotatable bonds is 3. The predicted octanol–water partition coefficient (Wildman–Crippen LogP) is 1.34. The van der Waals surface area contributed by atoms with Crippen LogP contribution in [-0.4, -0.2) is 21.1 Å². The maximum Gasteiger partial charge on any atom is 0.341 e. The summed E-state index contributed by atoms with van der Waals surface area (Å²) < 4.78 is 13.6. The Labute approximate surface area is 114 Å². The van der Waals surface area contributed by atoms with Gasteiger partial charge in [-0.1, -0.05) is 12.1 Å². The third-order valence-corrected chi connectivity index (χ3v) is 3.02. The molecule has 0 aliphatic heterocycles. The maximum absolute atomic E-state index is 13.6. The molecule has 0 saturated heterocycles. The number of aromatic amines is 2. The molecule has 1 aromatic carbocycles. The van der Waals surface area contributed by atoms with E-state index in [0.29, 0.717) is 11.1 Å². The molecule has 0 radical (unpaired) electrons. The van der Waals surface area contributed by atoms with Crippen LogP contribution in [0.4, 0.5) is 4.39 Å². The minimum absolute atomic E-state index is 0.0857. The number of hydrogen-bond acceptors (Lipinski definition) is 3. The van der Waals surface area contributed by atoms with Crippen molar-refractivity contribution in [3.05, 3.63) is 50.9 Å². The molecule has 1 amide bonds. The van der Waals surface area contributed by atoms with Gasteiger partial charge in [-0.15, -0.1) is 5.10 Å².